The molecule has 1 aliphatic rings. The van der Waals surface area contributed by atoms with Crippen LogP contribution in [0.5, 0.6) is 0 Å². The molecule has 8 nitrogen and oxygen atoms in total. The molecule has 1 saturated heterocycles. The summed E-state index contributed by atoms with van der Waals surface area (Å²) in [6.07, 6.45) is 0.00870. The van der Waals surface area contributed by atoms with Gasteiger partial charge in [0.1, 0.15) is 5.25 Å². The van der Waals surface area contributed by atoms with Crippen LogP contribution in [0.1, 0.15) is 6.42 Å². The SMILES string of the molecule is CNNC(=O)C(=O)N(C)SC1CC(=O)NC1=O. The summed E-state index contributed by atoms with van der Waals surface area (Å²) >= 11 is 0.844. The zero-order chi connectivity index (χ0) is 13.0. The number of amides is 4. The summed E-state index contributed by atoms with van der Waals surface area (Å²) in [5.74, 6) is -2.48. The van der Waals surface area contributed by atoms with Gasteiger partial charge in [0, 0.05) is 20.5 Å². The zero-order valence-electron chi connectivity index (χ0n) is 9.27. The van der Waals surface area contributed by atoms with Gasteiger partial charge in [0.15, 0.2) is 0 Å². The molecule has 1 heterocycles. The summed E-state index contributed by atoms with van der Waals surface area (Å²) < 4.78 is 1.02. The lowest BCUT2D eigenvalue weighted by molar-refractivity contribution is -0.142. The summed E-state index contributed by atoms with van der Waals surface area (Å²) in [7, 11) is 2.81. The van der Waals surface area contributed by atoms with Crippen LogP contribution in [-0.4, -0.2) is 47.3 Å². The summed E-state index contributed by atoms with van der Waals surface area (Å²) in [4.78, 5) is 44.8. The van der Waals surface area contributed by atoms with Gasteiger partial charge in [0.2, 0.25) is 11.8 Å². The van der Waals surface area contributed by atoms with Crippen molar-refractivity contribution in [2.75, 3.05) is 14.1 Å². The number of hydrogen-bond donors (Lipinski definition) is 3. The Balaban J connectivity index is 2.51. The summed E-state index contributed by atoms with van der Waals surface area (Å²) in [6.45, 7) is 0. The molecule has 0 spiro atoms. The fourth-order valence-electron chi connectivity index (χ4n) is 1.16. The van der Waals surface area contributed by atoms with Gasteiger partial charge in [-0.25, -0.2) is 5.43 Å². The van der Waals surface area contributed by atoms with Gasteiger partial charge in [0.25, 0.3) is 0 Å². The highest BCUT2D eigenvalue weighted by molar-refractivity contribution is 7.99. The number of nitrogens with zero attached hydrogens (tertiary/aromatic N) is 1. The Morgan fingerprint density at radius 1 is 1.47 bits per heavy atom. The number of hydrazine groups is 1. The molecule has 1 rings (SSSR count). The highest BCUT2D eigenvalue weighted by Gasteiger charge is 2.34. The third-order valence-electron chi connectivity index (χ3n) is 1.93. The van der Waals surface area contributed by atoms with Crippen LogP contribution in [0.3, 0.4) is 0 Å². The van der Waals surface area contributed by atoms with Gasteiger partial charge in [0.05, 0.1) is 0 Å². The van der Waals surface area contributed by atoms with Crippen LogP contribution in [0.25, 0.3) is 0 Å². The second-order valence-corrected chi connectivity index (χ2v) is 4.54. The summed E-state index contributed by atoms with van der Waals surface area (Å²) in [5.41, 5.74) is 4.43. The van der Waals surface area contributed by atoms with E-state index in [-0.39, 0.29) is 12.3 Å². The first-order valence-corrected chi connectivity index (χ1v) is 5.54. The van der Waals surface area contributed by atoms with E-state index in [4.69, 9.17) is 0 Å². The third-order valence-corrected chi connectivity index (χ3v) is 3.05. The fraction of sp³-hybridized carbons (Fsp3) is 0.500. The van der Waals surface area contributed by atoms with Crippen molar-refractivity contribution in [3.05, 3.63) is 0 Å². The molecule has 0 saturated carbocycles. The molecule has 1 fully saturated rings. The van der Waals surface area contributed by atoms with Gasteiger partial charge >= 0.3 is 11.8 Å². The first-order chi connectivity index (χ1) is 7.95. The lowest BCUT2D eigenvalue weighted by atomic mass is 10.4. The molecule has 9 heteroatoms. The predicted molar refractivity (Wildman–Crippen MR) is 59.1 cm³/mol. The Labute approximate surface area is 102 Å². The minimum atomic E-state index is -0.841. The van der Waals surface area contributed by atoms with E-state index in [1.807, 2.05) is 0 Å². The van der Waals surface area contributed by atoms with Crippen molar-refractivity contribution in [3.63, 3.8) is 0 Å². The molecule has 17 heavy (non-hydrogen) atoms. The molecule has 4 amide bonds. The zero-order valence-corrected chi connectivity index (χ0v) is 10.1. The molecule has 0 radical (unpaired) electrons. The van der Waals surface area contributed by atoms with Gasteiger partial charge < -0.3 is 0 Å². The summed E-state index contributed by atoms with van der Waals surface area (Å²) in [5, 5.41) is 1.45. The number of rotatable bonds is 3. The quantitative estimate of drug-likeness (QED) is 0.229. The van der Waals surface area contributed by atoms with E-state index in [1.54, 1.807) is 0 Å². The number of carbonyl (C=O) groups is 4. The Morgan fingerprint density at radius 3 is 2.59 bits per heavy atom. The predicted octanol–water partition coefficient (Wildman–Crippen LogP) is -2.24. The van der Waals surface area contributed by atoms with Crippen molar-refractivity contribution in [1.82, 2.24) is 20.5 Å². The lowest BCUT2D eigenvalue weighted by Gasteiger charge is -2.17. The molecule has 0 bridgehead atoms. The standard InChI is InChI=1S/C8H12N4O4S/c1-9-11-7(15)8(16)12(2)17-4-3-5(13)10-6(4)14/h4,9H,3H2,1-2H3,(H,11,15)(H,10,13,14). The molecule has 1 atom stereocenters. The van der Waals surface area contributed by atoms with Crippen LogP contribution < -0.4 is 16.2 Å². The molecule has 0 aromatic heterocycles. The molecule has 1 unspecified atom stereocenters. The normalized spacial score (nSPS) is 18.8. The minimum Gasteiger partial charge on any atom is -0.295 e. The molecule has 1 aliphatic heterocycles. The van der Waals surface area contributed by atoms with Crippen molar-refractivity contribution >= 4 is 35.6 Å². The fourth-order valence-corrected chi connectivity index (χ4v) is 2.10. The van der Waals surface area contributed by atoms with E-state index >= 15 is 0 Å². The van der Waals surface area contributed by atoms with Crippen LogP contribution in [0.2, 0.25) is 0 Å². The van der Waals surface area contributed by atoms with Gasteiger partial charge in [-0.15, -0.1) is 0 Å². The summed E-state index contributed by atoms with van der Waals surface area (Å²) in [6, 6.07) is 0. The van der Waals surface area contributed by atoms with Gasteiger partial charge in [-0.1, -0.05) is 0 Å². The molecule has 94 valence electrons. The maximum atomic E-state index is 11.4. The molecule has 0 aromatic carbocycles. The number of nitrogens with one attached hydrogen (secondary N) is 3. The maximum absolute atomic E-state index is 11.4. The Bertz CT molecular complexity index is 373. The first kappa shape index (κ1) is 13.5. The largest absolute Gasteiger partial charge is 0.324 e. The van der Waals surface area contributed by atoms with E-state index in [9.17, 15) is 19.2 Å². The Hall–Kier alpha value is -1.61. The third kappa shape index (κ3) is 3.43. The van der Waals surface area contributed by atoms with E-state index in [1.165, 1.54) is 14.1 Å². The van der Waals surface area contributed by atoms with Crippen LogP contribution in [-0.2, 0) is 19.2 Å². The monoisotopic (exact) mass is 260 g/mol. The van der Waals surface area contributed by atoms with Gasteiger partial charge in [-0.2, -0.15) is 0 Å². The molecule has 0 aromatic rings. The van der Waals surface area contributed by atoms with Crippen LogP contribution in [0.4, 0.5) is 0 Å². The molecule has 3 N–H and O–H groups in total. The highest BCUT2D eigenvalue weighted by atomic mass is 32.2. The Morgan fingerprint density at radius 2 is 2.12 bits per heavy atom. The second kappa shape index (κ2) is 5.64. The van der Waals surface area contributed by atoms with Crippen molar-refractivity contribution in [2.45, 2.75) is 11.7 Å². The average Bonchev–Trinajstić information content (AvgIpc) is 2.56. The van der Waals surface area contributed by atoms with Crippen molar-refractivity contribution in [1.29, 1.82) is 0 Å². The van der Waals surface area contributed by atoms with Crippen molar-refractivity contribution in [3.8, 4) is 0 Å². The molecular formula is C8H12N4O4S. The van der Waals surface area contributed by atoms with E-state index in [0.29, 0.717) is 0 Å². The van der Waals surface area contributed by atoms with Crippen molar-refractivity contribution in [2.24, 2.45) is 0 Å². The number of imide groups is 1. The Kier molecular flexibility index (Phi) is 4.46. The highest BCUT2D eigenvalue weighted by Crippen LogP contribution is 2.22. The van der Waals surface area contributed by atoms with Gasteiger partial charge in [-0.05, 0) is 11.9 Å². The van der Waals surface area contributed by atoms with Crippen LogP contribution >= 0.6 is 11.9 Å². The number of hydrogen-bond acceptors (Lipinski definition) is 6. The lowest BCUT2D eigenvalue weighted by Crippen LogP contribution is -2.44. The topological polar surface area (TPSA) is 108 Å². The van der Waals surface area contributed by atoms with Crippen molar-refractivity contribution < 1.29 is 19.2 Å². The second-order valence-electron chi connectivity index (χ2n) is 3.22. The number of likely N-dealkylation sites (N-methyl/N-ethyl adjacent to an activating group) is 1. The van der Waals surface area contributed by atoms with Crippen LogP contribution in [0, 0.1) is 0 Å². The van der Waals surface area contributed by atoms with E-state index in [0.717, 1.165) is 16.3 Å². The first-order valence-electron chi connectivity index (χ1n) is 4.71. The maximum Gasteiger partial charge on any atom is 0.324 e. The molecule has 0 aliphatic carbocycles. The smallest absolute Gasteiger partial charge is 0.295 e. The van der Waals surface area contributed by atoms with Gasteiger partial charge in [-0.3, -0.25) is 34.2 Å². The van der Waals surface area contributed by atoms with Crippen LogP contribution in [0.15, 0.2) is 0 Å². The van der Waals surface area contributed by atoms with E-state index < -0.39 is 23.0 Å². The minimum absolute atomic E-state index is 0.00870. The van der Waals surface area contributed by atoms with E-state index in [2.05, 4.69) is 16.2 Å². The average molecular weight is 260 g/mol. The number of carbonyl (C=O) groups excluding carboxylic acids is 4. The molecular weight excluding hydrogens is 248 g/mol.